The predicted molar refractivity (Wildman–Crippen MR) is 123 cm³/mol. The van der Waals surface area contributed by atoms with Crippen molar-refractivity contribution < 1.29 is 9.53 Å². The molecule has 9 heteroatoms. The smallest absolute Gasteiger partial charge is 0.279 e. The number of halogens is 1. The summed E-state index contributed by atoms with van der Waals surface area (Å²) >= 11 is 5.96. The molecule has 1 N–H and O–H groups in total. The van der Waals surface area contributed by atoms with Gasteiger partial charge in [-0.2, -0.15) is 9.50 Å². The Morgan fingerprint density at radius 1 is 1.19 bits per heavy atom. The molecule has 8 nitrogen and oxygen atoms in total. The van der Waals surface area contributed by atoms with E-state index in [9.17, 15) is 9.59 Å². The third-order valence-electron chi connectivity index (χ3n) is 5.34. The predicted octanol–water partition coefficient (Wildman–Crippen LogP) is 3.64. The number of aromatic nitrogens is 4. The second kappa shape index (κ2) is 8.84. The standard InChI is InChI=1S/C23H22ClN5O3/c1-14-19(11-12-20(30)25-17-5-4-6-18(13-17)32-3)22(31)29-23(28(14)2)26-21(27-29)15-7-9-16(24)10-8-15/h4-10,13H,11-12H2,1-3H3,(H,25,30). The van der Waals surface area contributed by atoms with Crippen molar-refractivity contribution in [1.29, 1.82) is 0 Å². The van der Waals surface area contributed by atoms with Crippen molar-refractivity contribution in [2.45, 2.75) is 19.8 Å². The molecule has 0 radical (unpaired) electrons. The lowest BCUT2D eigenvalue weighted by molar-refractivity contribution is -0.116. The summed E-state index contributed by atoms with van der Waals surface area (Å²) < 4.78 is 8.27. The summed E-state index contributed by atoms with van der Waals surface area (Å²) in [5, 5.41) is 7.85. The number of nitrogens with one attached hydrogen (secondary N) is 1. The average molecular weight is 452 g/mol. The number of rotatable bonds is 6. The number of amides is 1. The van der Waals surface area contributed by atoms with Gasteiger partial charge in [0.1, 0.15) is 5.75 Å². The number of carbonyl (C=O) groups is 1. The molecule has 32 heavy (non-hydrogen) atoms. The van der Waals surface area contributed by atoms with Crippen molar-refractivity contribution in [1.82, 2.24) is 19.2 Å². The van der Waals surface area contributed by atoms with Crippen LogP contribution in [0.5, 0.6) is 5.75 Å². The van der Waals surface area contributed by atoms with Gasteiger partial charge in [-0.1, -0.05) is 17.7 Å². The van der Waals surface area contributed by atoms with Crippen molar-refractivity contribution in [3.63, 3.8) is 0 Å². The molecule has 164 valence electrons. The Bertz CT molecular complexity index is 1360. The number of hydrogen-bond acceptors (Lipinski definition) is 5. The molecule has 0 unspecified atom stereocenters. The van der Waals surface area contributed by atoms with E-state index in [1.54, 1.807) is 55.6 Å². The van der Waals surface area contributed by atoms with Gasteiger partial charge in [0.2, 0.25) is 11.7 Å². The Balaban J connectivity index is 1.59. The maximum Gasteiger partial charge on any atom is 0.279 e. The number of anilines is 1. The molecule has 0 saturated heterocycles. The molecule has 2 aromatic carbocycles. The van der Waals surface area contributed by atoms with Crippen LogP contribution in [0.2, 0.25) is 5.02 Å². The molecule has 0 saturated carbocycles. The summed E-state index contributed by atoms with van der Waals surface area (Å²) in [7, 11) is 3.39. The van der Waals surface area contributed by atoms with E-state index in [-0.39, 0.29) is 24.3 Å². The quantitative estimate of drug-likeness (QED) is 0.483. The number of carbonyl (C=O) groups excluding carboxylic acids is 1. The Morgan fingerprint density at radius 2 is 1.94 bits per heavy atom. The summed E-state index contributed by atoms with van der Waals surface area (Å²) in [6.45, 7) is 1.84. The minimum Gasteiger partial charge on any atom is -0.497 e. The van der Waals surface area contributed by atoms with Gasteiger partial charge in [0.15, 0.2) is 5.82 Å². The zero-order valence-corrected chi connectivity index (χ0v) is 18.7. The SMILES string of the molecule is COc1cccc(NC(=O)CCc2c(C)n(C)c3nc(-c4ccc(Cl)cc4)nn3c2=O)c1. The second-order valence-electron chi connectivity index (χ2n) is 7.36. The molecule has 0 aliphatic heterocycles. The van der Waals surface area contributed by atoms with Crippen LogP contribution in [-0.4, -0.2) is 32.2 Å². The summed E-state index contributed by atoms with van der Waals surface area (Å²) in [5.74, 6) is 1.32. The normalized spacial score (nSPS) is 11.0. The van der Waals surface area contributed by atoms with Crippen molar-refractivity contribution in [3.05, 3.63) is 75.2 Å². The lowest BCUT2D eigenvalue weighted by atomic mass is 10.1. The Kier molecular flexibility index (Phi) is 5.96. The molecule has 0 bridgehead atoms. The summed E-state index contributed by atoms with van der Waals surface area (Å²) in [6.07, 6.45) is 0.428. The number of aryl methyl sites for hydroxylation is 1. The zero-order valence-electron chi connectivity index (χ0n) is 17.9. The molecule has 0 fully saturated rings. The number of ether oxygens (including phenoxy) is 1. The molecule has 0 aliphatic rings. The monoisotopic (exact) mass is 451 g/mol. The second-order valence-corrected chi connectivity index (χ2v) is 7.80. The van der Waals surface area contributed by atoms with Crippen molar-refractivity contribution in [2.75, 3.05) is 12.4 Å². The molecular formula is C23H22ClN5O3. The minimum atomic E-state index is -0.280. The molecule has 0 spiro atoms. The van der Waals surface area contributed by atoms with Gasteiger partial charge < -0.3 is 14.6 Å². The van der Waals surface area contributed by atoms with Crippen LogP contribution in [0, 0.1) is 6.92 Å². The number of hydrogen-bond donors (Lipinski definition) is 1. The Hall–Kier alpha value is -3.65. The van der Waals surface area contributed by atoms with E-state index < -0.39 is 0 Å². The Labute approximate surface area is 189 Å². The molecule has 0 atom stereocenters. The van der Waals surface area contributed by atoms with Crippen molar-refractivity contribution >= 4 is 29.0 Å². The van der Waals surface area contributed by atoms with Crippen LogP contribution in [0.1, 0.15) is 17.7 Å². The fourth-order valence-electron chi connectivity index (χ4n) is 3.46. The minimum absolute atomic E-state index is 0.150. The maximum atomic E-state index is 13.1. The highest BCUT2D eigenvalue weighted by Crippen LogP contribution is 2.20. The number of benzene rings is 2. The third-order valence-corrected chi connectivity index (χ3v) is 5.59. The summed E-state index contributed by atoms with van der Waals surface area (Å²) in [5.41, 5.74) is 2.38. The van der Waals surface area contributed by atoms with Crippen LogP contribution in [0.15, 0.2) is 53.3 Å². The van der Waals surface area contributed by atoms with Crippen LogP contribution in [0.25, 0.3) is 17.2 Å². The van der Waals surface area contributed by atoms with Gasteiger partial charge in [-0.25, -0.2) is 0 Å². The molecular weight excluding hydrogens is 430 g/mol. The maximum absolute atomic E-state index is 13.1. The molecule has 4 rings (SSSR count). The van der Waals surface area contributed by atoms with Crippen LogP contribution in [0.4, 0.5) is 5.69 Å². The van der Waals surface area contributed by atoms with Gasteiger partial charge in [-0.15, -0.1) is 5.10 Å². The first-order valence-electron chi connectivity index (χ1n) is 10.0. The van der Waals surface area contributed by atoms with Crippen molar-refractivity contribution in [3.8, 4) is 17.1 Å². The first-order valence-corrected chi connectivity index (χ1v) is 10.4. The topological polar surface area (TPSA) is 90.5 Å². The van der Waals surface area contributed by atoms with E-state index in [0.717, 1.165) is 11.3 Å². The lowest BCUT2D eigenvalue weighted by Crippen LogP contribution is -2.26. The number of nitrogens with zero attached hydrogens (tertiary/aromatic N) is 4. The lowest BCUT2D eigenvalue weighted by Gasteiger charge is -2.11. The van der Waals surface area contributed by atoms with Gasteiger partial charge in [-0.05, 0) is 49.7 Å². The molecule has 0 aliphatic carbocycles. The first kappa shape index (κ1) is 21.6. The number of methoxy groups -OCH3 is 1. The van der Waals surface area contributed by atoms with Gasteiger partial charge in [0.05, 0.1) is 7.11 Å². The van der Waals surface area contributed by atoms with Gasteiger partial charge in [0, 0.05) is 47.1 Å². The summed E-state index contributed by atoms with van der Waals surface area (Å²) in [4.78, 5) is 30.1. The molecule has 4 aromatic rings. The van der Waals surface area contributed by atoms with E-state index in [0.29, 0.717) is 33.6 Å². The molecule has 1 amide bonds. The largest absolute Gasteiger partial charge is 0.497 e. The highest BCUT2D eigenvalue weighted by molar-refractivity contribution is 6.30. The van der Waals surface area contributed by atoms with Crippen LogP contribution in [0.3, 0.4) is 0 Å². The highest BCUT2D eigenvalue weighted by Gasteiger charge is 2.18. The van der Waals surface area contributed by atoms with Crippen LogP contribution < -0.4 is 15.6 Å². The number of fused-ring (bicyclic) bond motifs is 1. The third kappa shape index (κ3) is 4.22. The van der Waals surface area contributed by atoms with E-state index in [4.69, 9.17) is 16.3 Å². The molecule has 2 heterocycles. The van der Waals surface area contributed by atoms with E-state index >= 15 is 0 Å². The van der Waals surface area contributed by atoms with E-state index in [1.165, 1.54) is 4.52 Å². The van der Waals surface area contributed by atoms with Crippen LogP contribution >= 0.6 is 11.6 Å². The van der Waals surface area contributed by atoms with Gasteiger partial charge in [0.25, 0.3) is 5.56 Å². The van der Waals surface area contributed by atoms with E-state index in [1.807, 2.05) is 18.5 Å². The van der Waals surface area contributed by atoms with Gasteiger partial charge >= 0.3 is 0 Å². The highest BCUT2D eigenvalue weighted by atomic mass is 35.5. The molecule has 2 aromatic heterocycles. The fourth-order valence-corrected chi connectivity index (χ4v) is 3.59. The van der Waals surface area contributed by atoms with Gasteiger partial charge in [-0.3, -0.25) is 9.59 Å². The Morgan fingerprint density at radius 3 is 2.66 bits per heavy atom. The summed E-state index contributed by atoms with van der Waals surface area (Å²) in [6, 6.07) is 14.2. The fraction of sp³-hybridized carbons (Fsp3) is 0.217. The average Bonchev–Trinajstić information content (AvgIpc) is 3.24. The van der Waals surface area contributed by atoms with Crippen LogP contribution in [-0.2, 0) is 18.3 Å². The van der Waals surface area contributed by atoms with E-state index in [2.05, 4.69) is 15.4 Å². The zero-order chi connectivity index (χ0) is 22.8. The van der Waals surface area contributed by atoms with Crippen molar-refractivity contribution in [2.24, 2.45) is 7.05 Å². The first-order chi connectivity index (χ1) is 15.4.